The molecular formula is C12H13FN2O4. The largest absolute Gasteiger partial charge is 0.345 e. The van der Waals surface area contributed by atoms with Crippen LogP contribution in [0.1, 0.15) is 24.2 Å². The molecule has 0 aliphatic rings. The molecule has 1 rings (SSSR count). The molecule has 1 aromatic carbocycles. The molecule has 0 aliphatic carbocycles. The Labute approximate surface area is 108 Å². The minimum atomic E-state index is -0.880. The van der Waals surface area contributed by atoms with Crippen molar-refractivity contribution in [3.63, 3.8) is 0 Å². The van der Waals surface area contributed by atoms with Gasteiger partial charge < -0.3 is 5.32 Å². The average Bonchev–Trinajstić information content (AvgIpc) is 2.34. The first kappa shape index (κ1) is 14.7. The van der Waals surface area contributed by atoms with Crippen LogP contribution in [0.25, 0.3) is 0 Å². The summed E-state index contributed by atoms with van der Waals surface area (Å²) in [6.45, 7) is 3.17. The van der Waals surface area contributed by atoms with E-state index in [2.05, 4.69) is 5.32 Å². The van der Waals surface area contributed by atoms with Gasteiger partial charge in [0.05, 0.1) is 17.5 Å². The molecule has 1 amide bonds. The molecule has 102 valence electrons. The predicted molar refractivity (Wildman–Crippen MR) is 65.2 cm³/mol. The maximum absolute atomic E-state index is 13.1. The zero-order chi connectivity index (χ0) is 14.6. The Balaban J connectivity index is 2.82. The van der Waals surface area contributed by atoms with Gasteiger partial charge in [0, 0.05) is 17.5 Å². The Hall–Kier alpha value is -2.31. The monoisotopic (exact) mass is 268 g/mol. The second kappa shape index (κ2) is 6.03. The molecule has 0 spiro atoms. The van der Waals surface area contributed by atoms with Crippen LogP contribution in [-0.4, -0.2) is 23.2 Å². The topological polar surface area (TPSA) is 89.3 Å². The van der Waals surface area contributed by atoms with Gasteiger partial charge in [-0.25, -0.2) is 4.39 Å². The number of hydrogen-bond acceptors (Lipinski definition) is 4. The van der Waals surface area contributed by atoms with Crippen molar-refractivity contribution in [1.29, 1.82) is 0 Å². The maximum atomic E-state index is 13.1. The summed E-state index contributed by atoms with van der Waals surface area (Å²) in [6.07, 6.45) is 0. The molecule has 0 aliphatic heterocycles. The maximum Gasteiger partial charge on any atom is 0.273 e. The number of halogens is 1. The van der Waals surface area contributed by atoms with E-state index in [9.17, 15) is 24.1 Å². The van der Waals surface area contributed by atoms with Gasteiger partial charge in [-0.1, -0.05) is 13.8 Å². The number of ketones is 1. The molecule has 7 heteroatoms. The molecule has 0 unspecified atom stereocenters. The zero-order valence-electron chi connectivity index (χ0n) is 10.5. The summed E-state index contributed by atoms with van der Waals surface area (Å²) < 4.78 is 13.1. The zero-order valence-corrected chi connectivity index (χ0v) is 10.5. The average molecular weight is 268 g/mol. The van der Waals surface area contributed by atoms with Crippen LogP contribution in [0.5, 0.6) is 0 Å². The van der Waals surface area contributed by atoms with Gasteiger partial charge in [0.2, 0.25) is 0 Å². The molecule has 1 aromatic rings. The van der Waals surface area contributed by atoms with E-state index in [1.54, 1.807) is 13.8 Å². The SMILES string of the molecule is CC(C)C(=O)CNC(=O)c1cc(F)cc([N+](=O)[O-])c1. The van der Waals surface area contributed by atoms with Crippen LogP contribution in [0.15, 0.2) is 18.2 Å². The lowest BCUT2D eigenvalue weighted by atomic mass is 10.1. The molecule has 0 bridgehead atoms. The molecule has 19 heavy (non-hydrogen) atoms. The molecule has 0 saturated heterocycles. The smallest absolute Gasteiger partial charge is 0.273 e. The molecule has 1 N–H and O–H groups in total. The molecule has 0 radical (unpaired) electrons. The first-order valence-corrected chi connectivity index (χ1v) is 5.57. The quantitative estimate of drug-likeness (QED) is 0.650. The Bertz CT molecular complexity index is 528. The van der Waals surface area contributed by atoms with Crippen molar-refractivity contribution in [1.82, 2.24) is 5.32 Å². The van der Waals surface area contributed by atoms with Gasteiger partial charge in [-0.05, 0) is 6.07 Å². The highest BCUT2D eigenvalue weighted by molar-refractivity contribution is 5.97. The number of benzene rings is 1. The van der Waals surface area contributed by atoms with Gasteiger partial charge in [0.1, 0.15) is 5.82 Å². The molecule has 0 atom stereocenters. The van der Waals surface area contributed by atoms with Gasteiger partial charge in [0.25, 0.3) is 11.6 Å². The highest BCUT2D eigenvalue weighted by Crippen LogP contribution is 2.16. The number of non-ortho nitro benzene ring substituents is 1. The van der Waals surface area contributed by atoms with Gasteiger partial charge >= 0.3 is 0 Å². The van der Waals surface area contributed by atoms with E-state index in [1.165, 1.54) is 0 Å². The van der Waals surface area contributed by atoms with E-state index in [0.717, 1.165) is 18.2 Å². The highest BCUT2D eigenvalue weighted by Gasteiger charge is 2.16. The van der Waals surface area contributed by atoms with Gasteiger partial charge in [0.15, 0.2) is 5.78 Å². The second-order valence-electron chi connectivity index (χ2n) is 4.26. The van der Waals surface area contributed by atoms with Crippen LogP contribution in [0.4, 0.5) is 10.1 Å². The molecule has 0 saturated carbocycles. The fourth-order valence-electron chi connectivity index (χ4n) is 1.28. The fraction of sp³-hybridized carbons (Fsp3) is 0.333. The number of nitrogens with zero attached hydrogens (tertiary/aromatic N) is 1. The van der Waals surface area contributed by atoms with Crippen LogP contribution in [-0.2, 0) is 4.79 Å². The summed E-state index contributed by atoms with van der Waals surface area (Å²) in [4.78, 5) is 32.7. The van der Waals surface area contributed by atoms with Crippen molar-refractivity contribution in [2.75, 3.05) is 6.54 Å². The van der Waals surface area contributed by atoms with Crippen molar-refractivity contribution in [3.05, 3.63) is 39.7 Å². The summed E-state index contributed by atoms with van der Waals surface area (Å²) in [7, 11) is 0. The minimum absolute atomic E-state index is 0.181. The van der Waals surface area contributed by atoms with Crippen molar-refractivity contribution < 1.29 is 18.9 Å². The second-order valence-corrected chi connectivity index (χ2v) is 4.26. The van der Waals surface area contributed by atoms with Crippen LogP contribution in [0.3, 0.4) is 0 Å². The van der Waals surface area contributed by atoms with Gasteiger partial charge in [-0.2, -0.15) is 0 Å². The van der Waals surface area contributed by atoms with E-state index in [0.29, 0.717) is 0 Å². The van der Waals surface area contributed by atoms with E-state index >= 15 is 0 Å². The third kappa shape index (κ3) is 4.13. The molecule has 0 aromatic heterocycles. The minimum Gasteiger partial charge on any atom is -0.345 e. The fourth-order valence-corrected chi connectivity index (χ4v) is 1.28. The van der Waals surface area contributed by atoms with Crippen LogP contribution < -0.4 is 5.32 Å². The number of carbonyl (C=O) groups excluding carboxylic acids is 2. The number of hydrogen-bond donors (Lipinski definition) is 1. The van der Waals surface area contributed by atoms with E-state index in [1.807, 2.05) is 0 Å². The summed E-state index contributed by atoms with van der Waals surface area (Å²) in [5, 5.41) is 12.8. The number of Topliss-reactive ketones (excluding diaryl/α,β-unsaturated/α-hetero) is 1. The van der Waals surface area contributed by atoms with Crippen molar-refractivity contribution >= 4 is 17.4 Å². The lowest BCUT2D eigenvalue weighted by Gasteiger charge is -2.06. The summed E-state index contributed by atoms with van der Waals surface area (Å²) >= 11 is 0. The molecular weight excluding hydrogens is 255 g/mol. The standard InChI is InChI=1S/C12H13FN2O4/c1-7(2)11(16)6-14-12(17)8-3-9(13)5-10(4-8)15(18)19/h3-5,7H,6H2,1-2H3,(H,14,17). The number of nitro groups is 1. The first-order valence-electron chi connectivity index (χ1n) is 5.57. The van der Waals surface area contributed by atoms with Gasteiger partial charge in [-0.3, -0.25) is 19.7 Å². The van der Waals surface area contributed by atoms with Crippen molar-refractivity contribution in [2.24, 2.45) is 5.92 Å². The van der Waals surface area contributed by atoms with Crippen LogP contribution >= 0.6 is 0 Å². The predicted octanol–water partition coefficient (Wildman–Crippen LogP) is 1.69. The number of nitrogens with one attached hydrogen (secondary N) is 1. The Kier molecular flexibility index (Phi) is 4.68. The van der Waals surface area contributed by atoms with Crippen molar-refractivity contribution in [3.8, 4) is 0 Å². The Morgan fingerprint density at radius 2 is 2.00 bits per heavy atom. The lowest BCUT2D eigenvalue weighted by molar-refractivity contribution is -0.385. The van der Waals surface area contributed by atoms with E-state index in [4.69, 9.17) is 0 Å². The molecule has 6 nitrogen and oxygen atoms in total. The normalized spacial score (nSPS) is 10.3. The van der Waals surface area contributed by atoms with Crippen LogP contribution in [0.2, 0.25) is 0 Å². The Morgan fingerprint density at radius 3 is 2.53 bits per heavy atom. The summed E-state index contributed by atoms with van der Waals surface area (Å²) in [5.74, 6) is -2.02. The molecule has 0 heterocycles. The molecule has 0 fully saturated rings. The highest BCUT2D eigenvalue weighted by atomic mass is 19.1. The van der Waals surface area contributed by atoms with E-state index < -0.39 is 22.3 Å². The van der Waals surface area contributed by atoms with Crippen LogP contribution in [0, 0.1) is 21.8 Å². The third-order valence-electron chi connectivity index (χ3n) is 2.42. The summed E-state index contributed by atoms with van der Waals surface area (Å²) in [5.41, 5.74) is -0.705. The lowest BCUT2D eigenvalue weighted by Crippen LogP contribution is -2.31. The number of carbonyl (C=O) groups is 2. The number of rotatable bonds is 5. The van der Waals surface area contributed by atoms with Crippen molar-refractivity contribution in [2.45, 2.75) is 13.8 Å². The third-order valence-corrected chi connectivity index (χ3v) is 2.42. The first-order chi connectivity index (χ1) is 8.81. The Morgan fingerprint density at radius 1 is 1.37 bits per heavy atom. The summed E-state index contributed by atoms with van der Waals surface area (Å²) in [6, 6.07) is 2.55. The number of nitro benzene ring substituents is 1. The number of amides is 1. The van der Waals surface area contributed by atoms with Gasteiger partial charge in [-0.15, -0.1) is 0 Å². The van der Waals surface area contributed by atoms with E-state index in [-0.39, 0.29) is 23.8 Å².